The summed E-state index contributed by atoms with van der Waals surface area (Å²) in [6, 6.07) is 0. The fourth-order valence-electron chi connectivity index (χ4n) is 2.92. The molecule has 2 heterocycles. The molecule has 2 bridgehead atoms. The lowest BCUT2D eigenvalue weighted by atomic mass is 9.93. The zero-order valence-corrected chi connectivity index (χ0v) is 11.6. The van der Waals surface area contributed by atoms with E-state index < -0.39 is 11.9 Å². The Labute approximate surface area is 114 Å². The van der Waals surface area contributed by atoms with Crippen molar-refractivity contribution in [2.45, 2.75) is 69.4 Å². The third-order valence-corrected chi connectivity index (χ3v) is 3.93. The molecule has 2 fully saturated rings. The van der Waals surface area contributed by atoms with E-state index >= 15 is 0 Å². The summed E-state index contributed by atoms with van der Waals surface area (Å²) in [5, 5.41) is 9.99. The van der Waals surface area contributed by atoms with Crippen molar-refractivity contribution in [2.75, 3.05) is 13.7 Å². The third-order valence-electron chi connectivity index (χ3n) is 3.93. The van der Waals surface area contributed by atoms with Crippen LogP contribution in [0.2, 0.25) is 0 Å². The zero-order valence-electron chi connectivity index (χ0n) is 11.6. The van der Waals surface area contributed by atoms with E-state index in [4.69, 9.17) is 14.2 Å². The van der Waals surface area contributed by atoms with Gasteiger partial charge in [-0.3, -0.25) is 4.79 Å². The molecular formula is C14H24O5. The number of aliphatic hydroxyl groups is 1. The number of cyclic esters (lactones) is 1. The van der Waals surface area contributed by atoms with Gasteiger partial charge in [-0.1, -0.05) is 19.3 Å². The summed E-state index contributed by atoms with van der Waals surface area (Å²) in [7, 11) is 1.52. The van der Waals surface area contributed by atoms with Crippen LogP contribution >= 0.6 is 0 Å². The summed E-state index contributed by atoms with van der Waals surface area (Å²) in [5.74, 6) is -1.33. The van der Waals surface area contributed by atoms with Crippen LogP contribution < -0.4 is 0 Å². The molecule has 0 amide bonds. The molecule has 0 unspecified atom stereocenters. The number of methoxy groups -OCH3 is 1. The fraction of sp³-hybridized carbons (Fsp3) is 0.929. The molecule has 3 atom stereocenters. The van der Waals surface area contributed by atoms with E-state index in [2.05, 4.69) is 0 Å². The van der Waals surface area contributed by atoms with E-state index in [-0.39, 0.29) is 18.5 Å². The van der Waals surface area contributed by atoms with E-state index in [9.17, 15) is 9.90 Å². The Kier molecular flexibility index (Phi) is 5.19. The van der Waals surface area contributed by atoms with Crippen LogP contribution in [0.3, 0.4) is 0 Å². The number of hydrogen-bond acceptors (Lipinski definition) is 5. The smallest absolute Gasteiger partial charge is 0.311 e. The first-order valence-electron chi connectivity index (χ1n) is 7.20. The molecule has 2 saturated heterocycles. The minimum absolute atomic E-state index is 0.0315. The van der Waals surface area contributed by atoms with Gasteiger partial charge in [0.05, 0.1) is 25.2 Å². The van der Waals surface area contributed by atoms with Gasteiger partial charge in [0.1, 0.15) is 0 Å². The molecule has 0 aliphatic carbocycles. The van der Waals surface area contributed by atoms with Crippen molar-refractivity contribution in [3.8, 4) is 0 Å². The van der Waals surface area contributed by atoms with Crippen LogP contribution in [-0.4, -0.2) is 42.8 Å². The summed E-state index contributed by atoms with van der Waals surface area (Å²) in [6.07, 6.45) is 5.57. The predicted octanol–water partition coefficient (Wildman–Crippen LogP) is 1.77. The molecule has 1 N–H and O–H groups in total. The first-order chi connectivity index (χ1) is 9.13. The van der Waals surface area contributed by atoms with E-state index in [0.717, 1.165) is 32.1 Å². The molecule has 5 heteroatoms. The van der Waals surface area contributed by atoms with Crippen LogP contribution in [0.1, 0.15) is 51.4 Å². The van der Waals surface area contributed by atoms with E-state index in [1.807, 2.05) is 0 Å². The van der Waals surface area contributed by atoms with Crippen LogP contribution in [0.5, 0.6) is 0 Å². The maximum absolute atomic E-state index is 11.8. The van der Waals surface area contributed by atoms with Crippen molar-refractivity contribution >= 4 is 5.97 Å². The lowest BCUT2D eigenvalue weighted by molar-refractivity contribution is -0.288. The van der Waals surface area contributed by atoms with Crippen LogP contribution in [0.25, 0.3) is 0 Å². The number of carbonyl (C=O) groups is 1. The van der Waals surface area contributed by atoms with Gasteiger partial charge in [0.25, 0.3) is 0 Å². The highest BCUT2D eigenvalue weighted by Gasteiger charge is 2.43. The number of fused-ring (bicyclic) bond motifs is 2. The van der Waals surface area contributed by atoms with Crippen molar-refractivity contribution < 1.29 is 24.1 Å². The molecule has 0 saturated carbocycles. The Bertz CT molecular complexity index is 306. The van der Waals surface area contributed by atoms with Gasteiger partial charge in [0, 0.05) is 13.5 Å². The maximum Gasteiger partial charge on any atom is 0.311 e. The van der Waals surface area contributed by atoms with E-state index in [1.165, 1.54) is 7.11 Å². The number of carbonyl (C=O) groups excluding carboxylic acids is 1. The highest BCUT2D eigenvalue weighted by molar-refractivity contribution is 5.70. The molecule has 5 nitrogen and oxygen atoms in total. The summed E-state index contributed by atoms with van der Waals surface area (Å²) in [6.45, 7) is 0.463. The molecule has 110 valence electrons. The quantitative estimate of drug-likeness (QED) is 0.737. The Morgan fingerprint density at radius 2 is 2.11 bits per heavy atom. The average Bonchev–Trinajstić information content (AvgIpc) is 2.35. The molecule has 19 heavy (non-hydrogen) atoms. The molecule has 2 aliphatic heterocycles. The molecule has 2 rings (SSSR count). The first-order valence-corrected chi connectivity index (χ1v) is 7.20. The number of hydrogen-bond donors (Lipinski definition) is 1. The Morgan fingerprint density at radius 3 is 2.89 bits per heavy atom. The van der Waals surface area contributed by atoms with Crippen molar-refractivity contribution in [3.63, 3.8) is 0 Å². The number of aliphatic hydroxyl groups excluding tert-OH is 1. The van der Waals surface area contributed by atoms with Crippen LogP contribution in [0.15, 0.2) is 0 Å². The molecule has 0 aromatic heterocycles. The summed E-state index contributed by atoms with van der Waals surface area (Å²) < 4.78 is 16.6. The van der Waals surface area contributed by atoms with Gasteiger partial charge in [0.15, 0.2) is 5.79 Å². The number of ether oxygens (including phenoxy) is 3. The second kappa shape index (κ2) is 6.68. The van der Waals surface area contributed by atoms with Gasteiger partial charge in [-0.15, -0.1) is 0 Å². The standard InChI is InChI=1S/C14H24O5/c1-17-14-9-11(15)8-12(19-14)6-4-2-3-5-7-18-13(16)10-14/h11-12,15H,2-10H2,1H3/t11-,12-,14-/m0/s1. The predicted molar refractivity (Wildman–Crippen MR) is 68.5 cm³/mol. The zero-order chi connectivity index (χ0) is 13.7. The third kappa shape index (κ3) is 4.16. The molecule has 0 spiro atoms. The van der Waals surface area contributed by atoms with Crippen molar-refractivity contribution in [1.29, 1.82) is 0 Å². The lowest BCUT2D eigenvalue weighted by Crippen LogP contribution is -2.49. The SMILES string of the molecule is CO[C@@]12CC(=O)OCCCCCC[C@@H](C[C@H](O)C1)O2. The molecular weight excluding hydrogens is 248 g/mol. The van der Waals surface area contributed by atoms with Crippen LogP contribution in [0.4, 0.5) is 0 Å². The van der Waals surface area contributed by atoms with Crippen LogP contribution in [-0.2, 0) is 19.0 Å². The number of rotatable bonds is 1. The molecule has 0 aromatic carbocycles. The molecule has 2 aliphatic rings. The Morgan fingerprint density at radius 1 is 1.32 bits per heavy atom. The van der Waals surface area contributed by atoms with Crippen LogP contribution in [0, 0.1) is 0 Å². The monoisotopic (exact) mass is 272 g/mol. The second-order valence-electron chi connectivity index (χ2n) is 5.55. The highest BCUT2D eigenvalue weighted by atomic mass is 16.7. The van der Waals surface area contributed by atoms with Gasteiger partial charge in [-0.05, 0) is 19.3 Å². The van der Waals surface area contributed by atoms with Gasteiger partial charge < -0.3 is 19.3 Å². The Balaban J connectivity index is 2.08. The lowest BCUT2D eigenvalue weighted by Gasteiger charge is -2.41. The van der Waals surface area contributed by atoms with Gasteiger partial charge in [-0.25, -0.2) is 0 Å². The summed E-state index contributed by atoms with van der Waals surface area (Å²) in [5.41, 5.74) is 0. The van der Waals surface area contributed by atoms with Crippen molar-refractivity contribution in [1.82, 2.24) is 0 Å². The van der Waals surface area contributed by atoms with Crippen molar-refractivity contribution in [2.24, 2.45) is 0 Å². The van der Waals surface area contributed by atoms with Gasteiger partial charge in [0.2, 0.25) is 0 Å². The fourth-order valence-corrected chi connectivity index (χ4v) is 2.92. The second-order valence-corrected chi connectivity index (χ2v) is 5.55. The van der Waals surface area contributed by atoms with E-state index in [1.54, 1.807) is 0 Å². The van der Waals surface area contributed by atoms with Gasteiger partial charge in [-0.2, -0.15) is 0 Å². The highest BCUT2D eigenvalue weighted by Crippen LogP contribution is 2.35. The first kappa shape index (κ1) is 14.8. The Hall–Kier alpha value is -0.650. The maximum atomic E-state index is 11.8. The average molecular weight is 272 g/mol. The topological polar surface area (TPSA) is 65.0 Å². The summed E-state index contributed by atoms with van der Waals surface area (Å²) >= 11 is 0. The van der Waals surface area contributed by atoms with Gasteiger partial charge >= 0.3 is 5.97 Å². The largest absolute Gasteiger partial charge is 0.466 e. The molecule has 0 radical (unpaired) electrons. The minimum Gasteiger partial charge on any atom is -0.466 e. The van der Waals surface area contributed by atoms with Crippen molar-refractivity contribution in [3.05, 3.63) is 0 Å². The number of esters is 1. The normalized spacial score (nSPS) is 37.9. The minimum atomic E-state index is -1.02. The summed E-state index contributed by atoms with van der Waals surface area (Å²) in [4.78, 5) is 11.8. The van der Waals surface area contributed by atoms with E-state index in [0.29, 0.717) is 19.4 Å². The molecule has 0 aromatic rings.